The van der Waals surface area contributed by atoms with E-state index in [9.17, 15) is 4.79 Å². The minimum Gasteiger partial charge on any atom is -0.360 e. The molecule has 2 N–H and O–H groups in total. The molecule has 0 unspecified atom stereocenters. The van der Waals surface area contributed by atoms with Crippen molar-refractivity contribution in [1.29, 1.82) is 0 Å². The number of aromatic nitrogens is 3. The molecule has 106 valence electrons. The Balaban J connectivity index is 1.61. The molecule has 1 saturated carbocycles. The first-order valence-corrected chi connectivity index (χ1v) is 8.30. The molecule has 1 aliphatic carbocycles. The summed E-state index contributed by atoms with van der Waals surface area (Å²) in [6.45, 7) is 2.90. The molecular formula is C12H15N5OS2. The summed E-state index contributed by atoms with van der Waals surface area (Å²) in [5.74, 6) is 0.354. The van der Waals surface area contributed by atoms with Gasteiger partial charge in [0.15, 0.2) is 5.13 Å². The van der Waals surface area contributed by atoms with E-state index < -0.39 is 0 Å². The maximum absolute atomic E-state index is 12.0. The molecule has 1 fully saturated rings. The van der Waals surface area contributed by atoms with Crippen LogP contribution in [0.1, 0.15) is 47.6 Å². The van der Waals surface area contributed by atoms with Crippen LogP contribution in [0, 0.1) is 0 Å². The first kappa shape index (κ1) is 13.4. The van der Waals surface area contributed by atoms with Gasteiger partial charge in [-0.3, -0.25) is 10.1 Å². The highest BCUT2D eigenvalue weighted by Crippen LogP contribution is 2.40. The van der Waals surface area contributed by atoms with Gasteiger partial charge in [-0.1, -0.05) is 18.3 Å². The predicted octanol–water partition coefficient (Wildman–Crippen LogP) is 2.95. The van der Waals surface area contributed by atoms with Crippen LogP contribution in [-0.4, -0.2) is 27.6 Å². The van der Waals surface area contributed by atoms with Crippen LogP contribution in [0.3, 0.4) is 0 Å². The van der Waals surface area contributed by atoms with Gasteiger partial charge in [-0.15, -0.1) is 21.5 Å². The van der Waals surface area contributed by atoms with Crippen molar-refractivity contribution in [2.75, 3.05) is 17.2 Å². The Morgan fingerprint density at radius 3 is 3.00 bits per heavy atom. The lowest BCUT2D eigenvalue weighted by molar-refractivity contribution is 0.102. The average molecular weight is 309 g/mol. The molecule has 0 atom stereocenters. The number of amides is 1. The van der Waals surface area contributed by atoms with E-state index in [4.69, 9.17) is 0 Å². The summed E-state index contributed by atoms with van der Waals surface area (Å²) < 4.78 is 0. The van der Waals surface area contributed by atoms with Crippen LogP contribution in [-0.2, 0) is 0 Å². The number of hydrogen-bond acceptors (Lipinski definition) is 7. The first-order valence-electron chi connectivity index (χ1n) is 6.60. The molecule has 0 aliphatic heterocycles. The summed E-state index contributed by atoms with van der Waals surface area (Å²) in [6, 6.07) is 0. The van der Waals surface area contributed by atoms with Crippen molar-refractivity contribution in [2.24, 2.45) is 0 Å². The molecule has 20 heavy (non-hydrogen) atoms. The van der Waals surface area contributed by atoms with Crippen LogP contribution in [0.2, 0.25) is 0 Å². The molecule has 1 amide bonds. The monoisotopic (exact) mass is 309 g/mol. The highest BCUT2D eigenvalue weighted by molar-refractivity contribution is 7.17. The molecule has 0 bridgehead atoms. The predicted molar refractivity (Wildman–Crippen MR) is 80.7 cm³/mol. The van der Waals surface area contributed by atoms with Crippen molar-refractivity contribution >= 4 is 38.8 Å². The van der Waals surface area contributed by atoms with Crippen molar-refractivity contribution in [3.63, 3.8) is 0 Å². The van der Waals surface area contributed by atoms with Crippen LogP contribution in [0.4, 0.5) is 10.3 Å². The minimum absolute atomic E-state index is 0.247. The second-order valence-corrected chi connectivity index (χ2v) is 6.48. The maximum Gasteiger partial charge on any atom is 0.288 e. The number of hydrogen-bond donors (Lipinski definition) is 2. The number of anilines is 2. The average Bonchev–Trinajstić information content (AvgIpc) is 3.01. The number of carbonyl (C=O) groups is 1. The number of rotatable bonds is 6. The maximum atomic E-state index is 12.0. The van der Waals surface area contributed by atoms with Gasteiger partial charge in [0, 0.05) is 17.8 Å². The minimum atomic E-state index is -0.247. The molecule has 0 saturated heterocycles. The summed E-state index contributed by atoms with van der Waals surface area (Å²) in [5, 5.41) is 17.4. The largest absolute Gasteiger partial charge is 0.360 e. The van der Waals surface area contributed by atoms with Crippen molar-refractivity contribution in [2.45, 2.75) is 32.1 Å². The fraction of sp³-hybridized carbons (Fsp3) is 0.500. The van der Waals surface area contributed by atoms with Crippen LogP contribution < -0.4 is 10.6 Å². The summed E-state index contributed by atoms with van der Waals surface area (Å²) in [4.78, 5) is 16.5. The Kier molecular flexibility index (Phi) is 3.93. The highest BCUT2D eigenvalue weighted by Gasteiger charge is 2.26. The molecule has 6 nitrogen and oxygen atoms in total. The van der Waals surface area contributed by atoms with Crippen LogP contribution in [0.25, 0.3) is 0 Å². The van der Waals surface area contributed by atoms with E-state index in [0.29, 0.717) is 21.2 Å². The SMILES string of the molecule is CCCNc1nnc(C(=O)Nc2nc(C3CC3)cs2)s1. The molecule has 0 spiro atoms. The lowest BCUT2D eigenvalue weighted by Gasteiger charge is -1.97. The quantitative estimate of drug-likeness (QED) is 0.857. The van der Waals surface area contributed by atoms with Gasteiger partial charge in [-0.05, 0) is 19.3 Å². The molecule has 2 aromatic heterocycles. The first-order chi connectivity index (χ1) is 9.76. The Bertz CT molecular complexity index is 605. The Morgan fingerprint density at radius 1 is 1.40 bits per heavy atom. The van der Waals surface area contributed by atoms with Gasteiger partial charge in [-0.25, -0.2) is 4.98 Å². The van der Waals surface area contributed by atoms with Gasteiger partial charge < -0.3 is 5.32 Å². The normalized spacial score (nSPS) is 14.2. The fourth-order valence-corrected chi connectivity index (χ4v) is 3.13. The zero-order valence-electron chi connectivity index (χ0n) is 11.0. The van der Waals surface area contributed by atoms with Gasteiger partial charge in [0.05, 0.1) is 5.69 Å². The third-order valence-electron chi connectivity index (χ3n) is 2.88. The molecule has 2 heterocycles. The van der Waals surface area contributed by atoms with E-state index in [-0.39, 0.29) is 5.91 Å². The molecule has 2 aromatic rings. The number of nitrogens with one attached hydrogen (secondary N) is 2. The zero-order valence-corrected chi connectivity index (χ0v) is 12.7. The van der Waals surface area contributed by atoms with Gasteiger partial charge in [0.25, 0.3) is 5.91 Å². The lowest BCUT2D eigenvalue weighted by Crippen LogP contribution is -2.11. The molecule has 8 heteroatoms. The summed E-state index contributed by atoms with van der Waals surface area (Å²) in [7, 11) is 0. The zero-order chi connectivity index (χ0) is 13.9. The van der Waals surface area contributed by atoms with Crippen LogP contribution >= 0.6 is 22.7 Å². The second kappa shape index (κ2) is 5.84. The Labute approximate surface area is 124 Å². The van der Waals surface area contributed by atoms with Gasteiger partial charge in [-0.2, -0.15) is 0 Å². The highest BCUT2D eigenvalue weighted by atomic mass is 32.1. The van der Waals surface area contributed by atoms with Gasteiger partial charge in [0.2, 0.25) is 10.1 Å². The van der Waals surface area contributed by atoms with E-state index in [1.54, 1.807) is 0 Å². The van der Waals surface area contributed by atoms with E-state index in [2.05, 4.69) is 32.7 Å². The van der Waals surface area contributed by atoms with Gasteiger partial charge in [0.1, 0.15) is 0 Å². The van der Waals surface area contributed by atoms with Crippen molar-refractivity contribution in [3.05, 3.63) is 16.1 Å². The second-order valence-electron chi connectivity index (χ2n) is 4.65. The topological polar surface area (TPSA) is 79.8 Å². The van der Waals surface area contributed by atoms with Crippen LogP contribution in [0.5, 0.6) is 0 Å². The Hall–Kier alpha value is -1.54. The summed E-state index contributed by atoms with van der Waals surface area (Å²) in [6.07, 6.45) is 3.42. The fourth-order valence-electron chi connectivity index (χ4n) is 1.68. The number of thiazole rings is 1. The van der Waals surface area contributed by atoms with E-state index in [0.717, 1.165) is 18.7 Å². The third kappa shape index (κ3) is 3.13. The molecular weight excluding hydrogens is 294 g/mol. The summed E-state index contributed by atoms with van der Waals surface area (Å²) in [5.41, 5.74) is 1.09. The van der Waals surface area contributed by atoms with Crippen LogP contribution in [0.15, 0.2) is 5.38 Å². The third-order valence-corrected chi connectivity index (χ3v) is 4.54. The summed E-state index contributed by atoms with van der Waals surface area (Å²) >= 11 is 2.72. The van der Waals surface area contributed by atoms with Crippen molar-refractivity contribution in [3.8, 4) is 0 Å². The molecule has 1 aliphatic rings. The smallest absolute Gasteiger partial charge is 0.288 e. The van der Waals surface area contributed by atoms with E-state index >= 15 is 0 Å². The molecule has 3 rings (SSSR count). The van der Waals surface area contributed by atoms with E-state index in [1.165, 1.54) is 35.5 Å². The Morgan fingerprint density at radius 2 is 2.25 bits per heavy atom. The van der Waals surface area contributed by atoms with Gasteiger partial charge >= 0.3 is 0 Å². The molecule has 0 radical (unpaired) electrons. The molecule has 0 aromatic carbocycles. The lowest BCUT2D eigenvalue weighted by atomic mass is 10.3. The number of nitrogens with zero attached hydrogens (tertiary/aromatic N) is 3. The van der Waals surface area contributed by atoms with Crippen molar-refractivity contribution in [1.82, 2.24) is 15.2 Å². The van der Waals surface area contributed by atoms with Crippen molar-refractivity contribution < 1.29 is 4.79 Å². The standard InChI is InChI=1S/C12H15N5OS2/c1-2-5-13-11-17-16-10(20-11)9(18)15-12-14-8(6-19-12)7-3-4-7/h6-7H,2-5H2,1H3,(H,13,17)(H,14,15,18). The number of carbonyl (C=O) groups excluding carboxylic acids is 1. The van der Waals surface area contributed by atoms with E-state index in [1.807, 2.05) is 5.38 Å².